The van der Waals surface area contributed by atoms with Gasteiger partial charge in [0.2, 0.25) is 0 Å². The van der Waals surface area contributed by atoms with Crippen molar-refractivity contribution in [3.8, 4) is 0 Å². The van der Waals surface area contributed by atoms with E-state index in [0.29, 0.717) is 0 Å². The summed E-state index contributed by atoms with van der Waals surface area (Å²) >= 11 is 1.96. The van der Waals surface area contributed by atoms with E-state index in [9.17, 15) is 0 Å². The Kier molecular flexibility index (Phi) is 10.6. The van der Waals surface area contributed by atoms with Gasteiger partial charge in [-0.2, -0.15) is 11.8 Å². The van der Waals surface area contributed by atoms with Crippen LogP contribution >= 0.6 is 11.8 Å². The van der Waals surface area contributed by atoms with Gasteiger partial charge in [0, 0.05) is 0 Å². The summed E-state index contributed by atoms with van der Waals surface area (Å²) in [6.07, 6.45) is 7.88. The number of piperidine rings is 1. The highest BCUT2D eigenvalue weighted by Gasteiger charge is 2.08. The fourth-order valence-corrected chi connectivity index (χ4v) is 2.03. The summed E-state index contributed by atoms with van der Waals surface area (Å²) < 4.78 is 0. The van der Waals surface area contributed by atoms with Crippen LogP contribution in [0.2, 0.25) is 0 Å². The van der Waals surface area contributed by atoms with Gasteiger partial charge in [0.05, 0.1) is 0 Å². The quantitative estimate of drug-likeness (QED) is 0.645. The molecule has 2 heteroatoms. The molecule has 0 spiro atoms. The molecule has 0 atom stereocenters. The van der Waals surface area contributed by atoms with Gasteiger partial charge in [-0.25, -0.2) is 0 Å². The highest BCUT2D eigenvalue weighted by atomic mass is 32.2. The van der Waals surface area contributed by atoms with Gasteiger partial charge in [-0.1, -0.05) is 20.3 Å². The molecule has 1 aliphatic heterocycles. The Morgan fingerprint density at radius 3 is 2.23 bits per heavy atom. The summed E-state index contributed by atoms with van der Waals surface area (Å²) in [5.41, 5.74) is 0. The molecule has 80 valence electrons. The maximum absolute atomic E-state index is 2.61. The Morgan fingerprint density at radius 1 is 1.08 bits per heavy atom. The van der Waals surface area contributed by atoms with E-state index in [1.165, 1.54) is 51.1 Å². The Labute approximate surface area is 88.3 Å². The fraction of sp³-hybridized carbons (Fsp3) is 1.00. The Morgan fingerprint density at radius 2 is 1.69 bits per heavy atom. The predicted molar refractivity (Wildman–Crippen MR) is 64.6 cm³/mol. The van der Waals surface area contributed by atoms with Gasteiger partial charge in [-0.3, -0.25) is 0 Å². The molecule has 1 rings (SSSR count). The Balaban J connectivity index is 0.000000671. The van der Waals surface area contributed by atoms with Crippen LogP contribution in [-0.2, 0) is 0 Å². The third-order valence-corrected chi connectivity index (χ3v) is 2.97. The first kappa shape index (κ1) is 13.3. The average molecular weight is 203 g/mol. The third-order valence-electron chi connectivity index (χ3n) is 2.27. The predicted octanol–water partition coefficient (Wildman–Crippen LogP) is 3.25. The molecule has 1 saturated heterocycles. The number of nitrogens with zero attached hydrogens (tertiary/aromatic N) is 1. The standard InChI is InChI=1S/C9H19NS.C2H6/c1-11-9-5-8-10-6-3-2-4-7-10;1-2/h2-9H2,1H3;1-2H3. The first-order chi connectivity index (χ1) is 6.43. The normalized spacial score (nSPS) is 17.8. The topological polar surface area (TPSA) is 3.24 Å². The zero-order valence-corrected chi connectivity index (χ0v) is 10.3. The molecule has 0 N–H and O–H groups in total. The van der Waals surface area contributed by atoms with Gasteiger partial charge in [0.1, 0.15) is 0 Å². The molecule has 0 aromatic heterocycles. The van der Waals surface area contributed by atoms with Crippen LogP contribution in [0.4, 0.5) is 0 Å². The number of hydrogen-bond donors (Lipinski definition) is 0. The molecule has 0 bridgehead atoms. The van der Waals surface area contributed by atoms with E-state index in [0.717, 1.165) is 0 Å². The van der Waals surface area contributed by atoms with Crippen molar-refractivity contribution in [3.05, 3.63) is 0 Å². The van der Waals surface area contributed by atoms with E-state index in [4.69, 9.17) is 0 Å². The van der Waals surface area contributed by atoms with E-state index in [1.807, 2.05) is 25.6 Å². The minimum Gasteiger partial charge on any atom is -0.303 e. The molecule has 13 heavy (non-hydrogen) atoms. The highest BCUT2D eigenvalue weighted by Crippen LogP contribution is 2.09. The van der Waals surface area contributed by atoms with Gasteiger partial charge in [-0.15, -0.1) is 0 Å². The fourth-order valence-electron chi connectivity index (χ4n) is 1.62. The number of thioether (sulfide) groups is 1. The summed E-state index contributed by atoms with van der Waals surface area (Å²) in [6.45, 7) is 8.05. The Bertz CT molecular complexity index is 90.1. The molecule has 1 fully saturated rings. The molecule has 0 unspecified atom stereocenters. The van der Waals surface area contributed by atoms with Crippen molar-refractivity contribution in [3.63, 3.8) is 0 Å². The van der Waals surface area contributed by atoms with Crippen LogP contribution in [-0.4, -0.2) is 36.5 Å². The summed E-state index contributed by atoms with van der Waals surface area (Å²) in [5, 5.41) is 0. The number of rotatable bonds is 4. The molecule has 0 aromatic rings. The van der Waals surface area contributed by atoms with Crippen LogP contribution in [0.25, 0.3) is 0 Å². The van der Waals surface area contributed by atoms with Crippen molar-refractivity contribution >= 4 is 11.8 Å². The molecule has 0 saturated carbocycles. The Hall–Kier alpha value is 0.310. The van der Waals surface area contributed by atoms with Crippen LogP contribution in [0.1, 0.15) is 39.5 Å². The van der Waals surface area contributed by atoms with E-state index in [2.05, 4.69) is 11.2 Å². The van der Waals surface area contributed by atoms with Gasteiger partial charge in [-0.05, 0) is 50.9 Å². The second-order valence-electron chi connectivity index (χ2n) is 3.25. The molecular weight excluding hydrogens is 178 g/mol. The maximum Gasteiger partial charge on any atom is -0.00109 e. The van der Waals surface area contributed by atoms with Crippen molar-refractivity contribution in [2.45, 2.75) is 39.5 Å². The third kappa shape index (κ3) is 7.39. The summed E-state index contributed by atoms with van der Waals surface area (Å²) in [5.74, 6) is 1.33. The molecule has 0 aromatic carbocycles. The summed E-state index contributed by atoms with van der Waals surface area (Å²) in [6, 6.07) is 0. The van der Waals surface area contributed by atoms with Crippen molar-refractivity contribution in [2.24, 2.45) is 0 Å². The monoisotopic (exact) mass is 203 g/mol. The number of hydrogen-bond acceptors (Lipinski definition) is 2. The van der Waals surface area contributed by atoms with E-state index >= 15 is 0 Å². The van der Waals surface area contributed by atoms with E-state index < -0.39 is 0 Å². The number of likely N-dealkylation sites (tertiary alicyclic amines) is 1. The minimum absolute atomic E-state index is 1.33. The lowest BCUT2D eigenvalue weighted by Gasteiger charge is -2.26. The second-order valence-corrected chi connectivity index (χ2v) is 4.23. The second kappa shape index (κ2) is 10.4. The molecule has 0 aliphatic carbocycles. The van der Waals surface area contributed by atoms with Crippen molar-refractivity contribution in [1.82, 2.24) is 4.90 Å². The first-order valence-electron chi connectivity index (χ1n) is 5.65. The largest absolute Gasteiger partial charge is 0.303 e. The van der Waals surface area contributed by atoms with Gasteiger partial charge >= 0.3 is 0 Å². The van der Waals surface area contributed by atoms with Crippen molar-refractivity contribution < 1.29 is 0 Å². The van der Waals surface area contributed by atoms with Gasteiger partial charge in [0.15, 0.2) is 0 Å². The summed E-state index contributed by atoms with van der Waals surface area (Å²) in [4.78, 5) is 2.61. The van der Waals surface area contributed by atoms with Crippen LogP contribution in [0.15, 0.2) is 0 Å². The van der Waals surface area contributed by atoms with Gasteiger partial charge in [0.25, 0.3) is 0 Å². The first-order valence-corrected chi connectivity index (χ1v) is 7.04. The van der Waals surface area contributed by atoms with Crippen molar-refractivity contribution in [1.29, 1.82) is 0 Å². The smallest absolute Gasteiger partial charge is 0.00109 e. The molecule has 0 amide bonds. The molecule has 0 radical (unpaired) electrons. The van der Waals surface area contributed by atoms with Crippen molar-refractivity contribution in [2.75, 3.05) is 31.6 Å². The zero-order chi connectivity index (χ0) is 9.94. The highest BCUT2D eigenvalue weighted by molar-refractivity contribution is 7.98. The lowest BCUT2D eigenvalue weighted by molar-refractivity contribution is 0.230. The van der Waals surface area contributed by atoms with Crippen LogP contribution in [0.5, 0.6) is 0 Å². The molecule has 1 nitrogen and oxygen atoms in total. The van der Waals surface area contributed by atoms with E-state index in [1.54, 1.807) is 0 Å². The van der Waals surface area contributed by atoms with Crippen LogP contribution in [0, 0.1) is 0 Å². The van der Waals surface area contributed by atoms with Crippen LogP contribution < -0.4 is 0 Å². The lowest BCUT2D eigenvalue weighted by Crippen LogP contribution is -2.30. The van der Waals surface area contributed by atoms with Gasteiger partial charge < -0.3 is 4.90 Å². The van der Waals surface area contributed by atoms with E-state index in [-0.39, 0.29) is 0 Å². The van der Waals surface area contributed by atoms with Crippen LogP contribution in [0.3, 0.4) is 0 Å². The minimum atomic E-state index is 1.33. The molecule has 1 aliphatic rings. The maximum atomic E-state index is 2.61. The molecular formula is C11H25NS. The summed E-state index contributed by atoms with van der Waals surface area (Å²) in [7, 11) is 0. The zero-order valence-electron chi connectivity index (χ0n) is 9.51. The molecule has 1 heterocycles. The average Bonchev–Trinajstić information content (AvgIpc) is 2.23. The SMILES string of the molecule is CC.CSCCCN1CCCCC1. The lowest BCUT2D eigenvalue weighted by atomic mass is 10.1.